The molecule has 6 heteroatoms. The molecule has 5 nitrogen and oxygen atoms in total. The van der Waals surface area contributed by atoms with Crippen LogP contribution < -0.4 is 5.32 Å². The van der Waals surface area contributed by atoms with Crippen LogP contribution in [0.15, 0.2) is 30.3 Å². The zero-order valence-corrected chi connectivity index (χ0v) is 11.9. The lowest BCUT2D eigenvalue weighted by molar-refractivity contribution is -0.142. The molecule has 1 saturated heterocycles. The van der Waals surface area contributed by atoms with E-state index in [1.54, 1.807) is 4.90 Å². The molecule has 110 valence electrons. The minimum absolute atomic E-state index is 0. The Morgan fingerprint density at radius 2 is 2.00 bits per heavy atom. The van der Waals surface area contributed by atoms with Crippen LogP contribution in [0.1, 0.15) is 18.4 Å². The van der Waals surface area contributed by atoms with E-state index in [1.165, 1.54) is 0 Å². The van der Waals surface area contributed by atoms with Crippen molar-refractivity contribution in [2.75, 3.05) is 13.1 Å². The van der Waals surface area contributed by atoms with Crippen molar-refractivity contribution in [2.45, 2.75) is 25.4 Å². The molecule has 2 N–H and O–H groups in total. The summed E-state index contributed by atoms with van der Waals surface area (Å²) < 4.78 is 0. The molecule has 1 amide bonds. The number of aliphatic carboxylic acids is 1. The molecule has 0 saturated carbocycles. The first-order valence-corrected chi connectivity index (χ1v) is 6.44. The zero-order chi connectivity index (χ0) is 13.7. The molecule has 1 aromatic rings. The van der Waals surface area contributed by atoms with Crippen LogP contribution in [0.2, 0.25) is 0 Å². The summed E-state index contributed by atoms with van der Waals surface area (Å²) in [6.07, 6.45) is 1.46. The second-order valence-corrected chi connectivity index (χ2v) is 4.73. The third-order valence-corrected chi connectivity index (χ3v) is 3.33. The third kappa shape index (κ3) is 4.51. The van der Waals surface area contributed by atoms with Crippen LogP contribution in [0.3, 0.4) is 0 Å². The van der Waals surface area contributed by atoms with Gasteiger partial charge in [0.15, 0.2) is 0 Å². The van der Waals surface area contributed by atoms with Gasteiger partial charge in [0, 0.05) is 6.54 Å². The Morgan fingerprint density at radius 3 is 2.65 bits per heavy atom. The van der Waals surface area contributed by atoms with Crippen molar-refractivity contribution in [1.29, 1.82) is 0 Å². The lowest BCUT2D eigenvalue weighted by Gasteiger charge is -2.20. The molecular weight excluding hydrogens is 280 g/mol. The van der Waals surface area contributed by atoms with Gasteiger partial charge in [-0.25, -0.2) is 0 Å². The minimum atomic E-state index is -0.839. The van der Waals surface area contributed by atoms with E-state index in [-0.39, 0.29) is 24.9 Å². The molecule has 0 bridgehead atoms. The maximum absolute atomic E-state index is 11.8. The fraction of sp³-hybridized carbons (Fsp3) is 0.429. The average Bonchev–Trinajstić information content (AvgIpc) is 2.86. The number of carbonyl (C=O) groups is 2. The maximum Gasteiger partial charge on any atom is 0.320 e. The van der Waals surface area contributed by atoms with E-state index in [9.17, 15) is 9.59 Å². The van der Waals surface area contributed by atoms with Crippen molar-refractivity contribution in [3.63, 3.8) is 0 Å². The van der Waals surface area contributed by atoms with Crippen molar-refractivity contribution in [3.05, 3.63) is 35.9 Å². The normalized spacial score (nSPS) is 18.3. The van der Waals surface area contributed by atoms with E-state index in [4.69, 9.17) is 5.11 Å². The summed E-state index contributed by atoms with van der Waals surface area (Å²) >= 11 is 0. The predicted octanol–water partition coefficient (Wildman–Crippen LogP) is 1.27. The molecule has 1 atom stereocenters. The molecule has 20 heavy (non-hydrogen) atoms. The van der Waals surface area contributed by atoms with Crippen LogP contribution in [0.4, 0.5) is 0 Å². The summed E-state index contributed by atoms with van der Waals surface area (Å²) in [4.78, 5) is 24.5. The van der Waals surface area contributed by atoms with Crippen LogP contribution in [0, 0.1) is 0 Å². The Kier molecular flexibility index (Phi) is 6.48. The van der Waals surface area contributed by atoms with Crippen molar-refractivity contribution in [3.8, 4) is 0 Å². The monoisotopic (exact) mass is 298 g/mol. The molecule has 0 radical (unpaired) electrons. The second kappa shape index (κ2) is 7.87. The van der Waals surface area contributed by atoms with E-state index in [0.29, 0.717) is 19.5 Å². The Morgan fingerprint density at radius 1 is 1.30 bits per heavy atom. The van der Waals surface area contributed by atoms with Gasteiger partial charge in [0.05, 0.1) is 6.54 Å². The number of benzene rings is 1. The van der Waals surface area contributed by atoms with Gasteiger partial charge in [-0.05, 0) is 24.9 Å². The molecule has 1 heterocycles. The van der Waals surface area contributed by atoms with Crippen LogP contribution in [-0.2, 0) is 16.1 Å². The van der Waals surface area contributed by atoms with E-state index < -0.39 is 12.0 Å². The zero-order valence-electron chi connectivity index (χ0n) is 11.1. The second-order valence-electron chi connectivity index (χ2n) is 4.73. The summed E-state index contributed by atoms with van der Waals surface area (Å²) in [7, 11) is 0. The quantitative estimate of drug-likeness (QED) is 0.859. The summed E-state index contributed by atoms with van der Waals surface area (Å²) in [5.74, 6) is -0.967. The van der Waals surface area contributed by atoms with E-state index in [1.807, 2.05) is 30.3 Å². The largest absolute Gasteiger partial charge is 0.480 e. The number of carbonyl (C=O) groups excluding carboxylic acids is 1. The van der Waals surface area contributed by atoms with Crippen LogP contribution in [-0.4, -0.2) is 41.0 Å². The molecule has 0 spiro atoms. The summed E-state index contributed by atoms with van der Waals surface area (Å²) in [5.41, 5.74) is 1.03. The van der Waals surface area contributed by atoms with Crippen LogP contribution in [0.25, 0.3) is 0 Å². The standard InChI is InChI=1S/C14H18N2O3.ClH/c17-13(15-9-11-5-2-1-3-6-11)10-16-8-4-7-12(16)14(18)19;/h1-3,5-6,12H,4,7-10H2,(H,15,17)(H,18,19);1H/t12-;/m0./s1. The smallest absolute Gasteiger partial charge is 0.320 e. The highest BCUT2D eigenvalue weighted by molar-refractivity contribution is 5.85. The summed E-state index contributed by atoms with van der Waals surface area (Å²) in [6, 6.07) is 9.13. The van der Waals surface area contributed by atoms with Crippen molar-refractivity contribution < 1.29 is 14.7 Å². The van der Waals surface area contributed by atoms with Gasteiger partial charge >= 0.3 is 5.97 Å². The highest BCUT2D eigenvalue weighted by Gasteiger charge is 2.31. The maximum atomic E-state index is 11.8. The fourth-order valence-corrected chi connectivity index (χ4v) is 2.33. The number of rotatable bonds is 5. The molecule has 1 fully saturated rings. The predicted molar refractivity (Wildman–Crippen MR) is 77.8 cm³/mol. The fourth-order valence-electron chi connectivity index (χ4n) is 2.33. The topological polar surface area (TPSA) is 69.6 Å². The lowest BCUT2D eigenvalue weighted by Crippen LogP contribution is -2.42. The number of nitrogens with one attached hydrogen (secondary N) is 1. The number of likely N-dealkylation sites (tertiary alicyclic amines) is 1. The molecule has 0 aromatic heterocycles. The van der Waals surface area contributed by atoms with Gasteiger partial charge < -0.3 is 10.4 Å². The van der Waals surface area contributed by atoms with Gasteiger partial charge in [-0.15, -0.1) is 12.4 Å². The Balaban J connectivity index is 0.00000200. The van der Waals surface area contributed by atoms with Gasteiger partial charge in [-0.1, -0.05) is 30.3 Å². The van der Waals surface area contributed by atoms with Crippen LogP contribution in [0.5, 0.6) is 0 Å². The number of hydrogen-bond donors (Lipinski definition) is 2. The molecular formula is C14H19ClN2O3. The van der Waals surface area contributed by atoms with E-state index in [2.05, 4.69) is 5.32 Å². The van der Waals surface area contributed by atoms with Gasteiger partial charge in [-0.2, -0.15) is 0 Å². The average molecular weight is 299 g/mol. The molecule has 0 unspecified atom stereocenters. The van der Waals surface area contributed by atoms with Gasteiger partial charge in [-0.3, -0.25) is 14.5 Å². The molecule has 1 aliphatic heterocycles. The van der Waals surface area contributed by atoms with Crippen LogP contribution >= 0.6 is 12.4 Å². The number of carboxylic acid groups (broad SMARTS) is 1. The van der Waals surface area contributed by atoms with Gasteiger partial charge in [0.25, 0.3) is 0 Å². The first kappa shape index (κ1) is 16.5. The number of carboxylic acids is 1. The highest BCUT2D eigenvalue weighted by atomic mass is 35.5. The lowest BCUT2D eigenvalue weighted by atomic mass is 10.2. The van der Waals surface area contributed by atoms with Gasteiger partial charge in [0.2, 0.25) is 5.91 Å². The van der Waals surface area contributed by atoms with E-state index in [0.717, 1.165) is 12.0 Å². The molecule has 1 aromatic carbocycles. The van der Waals surface area contributed by atoms with Crippen molar-refractivity contribution in [2.24, 2.45) is 0 Å². The summed E-state index contributed by atoms with van der Waals surface area (Å²) in [6.45, 7) is 1.31. The Bertz CT molecular complexity index is 453. The first-order valence-electron chi connectivity index (χ1n) is 6.44. The highest BCUT2D eigenvalue weighted by Crippen LogP contribution is 2.16. The third-order valence-electron chi connectivity index (χ3n) is 3.33. The molecule has 0 aliphatic carbocycles. The van der Waals surface area contributed by atoms with Gasteiger partial charge in [0.1, 0.15) is 6.04 Å². The van der Waals surface area contributed by atoms with Crippen molar-refractivity contribution in [1.82, 2.24) is 10.2 Å². The Labute approximate surface area is 124 Å². The number of halogens is 1. The Hall–Kier alpha value is -1.59. The first-order chi connectivity index (χ1) is 9.16. The van der Waals surface area contributed by atoms with Crippen molar-refractivity contribution >= 4 is 24.3 Å². The number of hydrogen-bond acceptors (Lipinski definition) is 3. The summed E-state index contributed by atoms with van der Waals surface area (Å²) in [5, 5.41) is 11.8. The van der Waals surface area contributed by atoms with E-state index >= 15 is 0 Å². The number of amides is 1. The molecule has 1 aliphatic rings. The molecule has 2 rings (SSSR count). The SMILES string of the molecule is Cl.O=C(CN1CCC[C@H]1C(=O)O)NCc1ccccc1. The minimum Gasteiger partial charge on any atom is -0.480 e. The number of nitrogens with zero attached hydrogens (tertiary/aromatic N) is 1.